The van der Waals surface area contributed by atoms with Gasteiger partial charge in [0.1, 0.15) is 34.5 Å². The van der Waals surface area contributed by atoms with Crippen molar-refractivity contribution in [1.82, 2.24) is 0 Å². The van der Waals surface area contributed by atoms with Crippen LogP contribution in [0.3, 0.4) is 0 Å². The summed E-state index contributed by atoms with van der Waals surface area (Å²) in [5.74, 6) is 4.62. The van der Waals surface area contributed by atoms with Gasteiger partial charge in [0, 0.05) is 0 Å². The zero-order chi connectivity index (χ0) is 33.8. The smallest absolute Gasteiger partial charge is 0.127 e. The Labute approximate surface area is 288 Å². The van der Waals surface area contributed by atoms with Crippen LogP contribution in [0, 0.1) is 0 Å². The van der Waals surface area contributed by atoms with E-state index in [4.69, 9.17) is 14.2 Å². The van der Waals surface area contributed by atoms with E-state index in [9.17, 15) is 0 Å². The minimum absolute atomic E-state index is 0.759. The van der Waals surface area contributed by atoms with Crippen molar-refractivity contribution in [2.75, 3.05) is 0 Å². The van der Waals surface area contributed by atoms with E-state index in [2.05, 4.69) is 62.2 Å². The summed E-state index contributed by atoms with van der Waals surface area (Å²) in [5, 5.41) is 0. The molecule has 0 aliphatic heterocycles. The Morgan fingerprint density at radius 1 is 0.347 bits per heavy atom. The molecule has 6 aromatic carbocycles. The molecule has 0 aromatic heterocycles. The maximum atomic E-state index is 6.10. The van der Waals surface area contributed by atoms with Crippen molar-refractivity contribution in [2.24, 2.45) is 0 Å². The van der Waals surface area contributed by atoms with Gasteiger partial charge in [-0.2, -0.15) is 0 Å². The minimum Gasteiger partial charge on any atom is -0.457 e. The Bertz CT molecular complexity index is 1970. The Balaban J connectivity index is 1.21. The van der Waals surface area contributed by atoms with Crippen molar-refractivity contribution in [3.63, 3.8) is 0 Å². The highest BCUT2D eigenvalue weighted by molar-refractivity contribution is 5.82. The SMILES string of the molecule is C=Cc1ccc(Oc2ccc(/C=C/C=C(c3ccc(Oc4ccc(C=C)cc4)cc3)c3ccc(Oc4ccc(C=C)cc4)cc3)cc2)cc1. The highest BCUT2D eigenvalue weighted by Crippen LogP contribution is 2.31. The van der Waals surface area contributed by atoms with E-state index in [0.29, 0.717) is 0 Å². The molecule has 0 bridgehead atoms. The molecule has 238 valence electrons. The molecule has 0 fully saturated rings. The summed E-state index contributed by atoms with van der Waals surface area (Å²) in [4.78, 5) is 0. The van der Waals surface area contributed by atoms with E-state index in [0.717, 1.165) is 73.5 Å². The zero-order valence-corrected chi connectivity index (χ0v) is 27.2. The minimum atomic E-state index is 0.759. The number of hydrogen-bond donors (Lipinski definition) is 0. The summed E-state index contributed by atoms with van der Waals surface area (Å²) >= 11 is 0. The van der Waals surface area contributed by atoms with Crippen LogP contribution in [0.1, 0.15) is 33.4 Å². The number of hydrogen-bond acceptors (Lipinski definition) is 3. The second-order valence-electron chi connectivity index (χ2n) is 11.2. The van der Waals surface area contributed by atoms with Crippen LogP contribution in [0.15, 0.2) is 177 Å². The fraction of sp³-hybridized carbons (Fsp3) is 0. The van der Waals surface area contributed by atoms with Crippen LogP contribution in [0.2, 0.25) is 0 Å². The molecule has 0 radical (unpaired) electrons. The first kappa shape index (κ1) is 32.4. The van der Waals surface area contributed by atoms with Crippen LogP contribution < -0.4 is 14.2 Å². The van der Waals surface area contributed by atoms with E-state index in [1.54, 1.807) is 0 Å². The fourth-order valence-corrected chi connectivity index (χ4v) is 5.09. The highest BCUT2D eigenvalue weighted by atomic mass is 16.5. The van der Waals surface area contributed by atoms with Gasteiger partial charge >= 0.3 is 0 Å². The Hall–Kier alpha value is -6.58. The molecule has 0 atom stereocenters. The third kappa shape index (κ3) is 8.82. The van der Waals surface area contributed by atoms with Crippen molar-refractivity contribution in [3.8, 4) is 34.5 Å². The lowest BCUT2D eigenvalue weighted by molar-refractivity contribution is 0.482. The van der Waals surface area contributed by atoms with Crippen molar-refractivity contribution in [2.45, 2.75) is 0 Å². The Morgan fingerprint density at radius 2 is 0.612 bits per heavy atom. The lowest BCUT2D eigenvalue weighted by atomic mass is 9.97. The van der Waals surface area contributed by atoms with Gasteiger partial charge in [0.15, 0.2) is 0 Å². The standard InChI is InChI=1S/C46H36O3/c1-4-34-10-22-40(23-11-34)47-43-28-16-37(17-29-43)8-7-9-46(38-18-30-44(31-19-38)48-41-24-12-35(5-2)13-25-41)39-20-32-45(33-21-39)49-42-26-14-36(6-3)15-27-42/h4-33H,1-3H2/b8-7+. The summed E-state index contributed by atoms with van der Waals surface area (Å²) in [6, 6.07) is 47.8. The molecule has 3 heteroatoms. The molecule has 0 aliphatic carbocycles. The zero-order valence-electron chi connectivity index (χ0n) is 27.2. The van der Waals surface area contributed by atoms with Gasteiger partial charge in [-0.25, -0.2) is 0 Å². The molecule has 6 aromatic rings. The Kier molecular flexibility index (Phi) is 10.4. The van der Waals surface area contributed by atoms with Gasteiger partial charge in [-0.15, -0.1) is 0 Å². The average Bonchev–Trinajstić information content (AvgIpc) is 3.16. The van der Waals surface area contributed by atoms with E-state index in [1.165, 1.54) is 0 Å². The maximum absolute atomic E-state index is 6.10. The predicted molar refractivity (Wildman–Crippen MR) is 205 cm³/mol. The normalized spacial score (nSPS) is 10.6. The van der Waals surface area contributed by atoms with Crippen LogP contribution in [0.25, 0.3) is 29.9 Å². The molecule has 0 heterocycles. The first-order valence-electron chi connectivity index (χ1n) is 16.0. The number of benzene rings is 6. The second-order valence-corrected chi connectivity index (χ2v) is 11.2. The number of ether oxygens (including phenoxy) is 3. The molecule has 0 amide bonds. The van der Waals surface area contributed by atoms with Gasteiger partial charge in [0.25, 0.3) is 0 Å². The molecule has 0 spiro atoms. The molecule has 0 saturated heterocycles. The molecule has 0 N–H and O–H groups in total. The summed E-state index contributed by atoms with van der Waals surface area (Å²) in [6.07, 6.45) is 11.7. The lowest BCUT2D eigenvalue weighted by Crippen LogP contribution is -1.90. The maximum Gasteiger partial charge on any atom is 0.127 e. The van der Waals surface area contributed by atoms with Crippen molar-refractivity contribution in [3.05, 3.63) is 211 Å². The molecule has 3 nitrogen and oxygen atoms in total. The number of rotatable bonds is 13. The first-order chi connectivity index (χ1) is 24.1. The largest absolute Gasteiger partial charge is 0.457 e. The average molecular weight is 637 g/mol. The molecule has 0 saturated carbocycles. The van der Waals surface area contributed by atoms with Gasteiger partial charge in [0.05, 0.1) is 0 Å². The predicted octanol–water partition coefficient (Wildman–Crippen LogP) is 13.1. The van der Waals surface area contributed by atoms with E-state index in [1.807, 2.05) is 140 Å². The van der Waals surface area contributed by atoms with Gasteiger partial charge in [-0.1, -0.05) is 129 Å². The quantitative estimate of drug-likeness (QED) is 0.118. The van der Waals surface area contributed by atoms with Crippen molar-refractivity contribution < 1.29 is 14.2 Å². The molecular weight excluding hydrogens is 601 g/mol. The van der Waals surface area contributed by atoms with Crippen molar-refractivity contribution in [1.29, 1.82) is 0 Å². The van der Waals surface area contributed by atoms with Crippen LogP contribution >= 0.6 is 0 Å². The van der Waals surface area contributed by atoms with Crippen LogP contribution in [-0.2, 0) is 0 Å². The third-order valence-corrected chi connectivity index (χ3v) is 7.82. The van der Waals surface area contributed by atoms with Crippen LogP contribution in [0.4, 0.5) is 0 Å². The molecule has 49 heavy (non-hydrogen) atoms. The van der Waals surface area contributed by atoms with E-state index < -0.39 is 0 Å². The third-order valence-electron chi connectivity index (χ3n) is 7.82. The molecule has 0 aliphatic rings. The topological polar surface area (TPSA) is 27.7 Å². The molecule has 6 rings (SSSR count). The van der Waals surface area contributed by atoms with Gasteiger partial charge < -0.3 is 14.2 Å². The summed E-state index contributed by atoms with van der Waals surface area (Å²) < 4.78 is 18.2. The van der Waals surface area contributed by atoms with Gasteiger partial charge in [0.2, 0.25) is 0 Å². The van der Waals surface area contributed by atoms with Crippen LogP contribution in [0.5, 0.6) is 34.5 Å². The lowest BCUT2D eigenvalue weighted by Gasteiger charge is -2.12. The fourth-order valence-electron chi connectivity index (χ4n) is 5.09. The van der Waals surface area contributed by atoms with Crippen molar-refractivity contribution >= 4 is 29.9 Å². The van der Waals surface area contributed by atoms with E-state index in [-0.39, 0.29) is 0 Å². The molecule has 0 unspecified atom stereocenters. The summed E-state index contributed by atoms with van der Waals surface area (Å²) in [7, 11) is 0. The van der Waals surface area contributed by atoms with Gasteiger partial charge in [-0.05, 0) is 112 Å². The Morgan fingerprint density at radius 3 is 0.898 bits per heavy atom. The summed E-state index contributed by atoms with van der Waals surface area (Å²) in [6.45, 7) is 11.4. The van der Waals surface area contributed by atoms with Crippen LogP contribution in [-0.4, -0.2) is 0 Å². The number of allylic oxidation sites excluding steroid dienone is 2. The monoisotopic (exact) mass is 636 g/mol. The second kappa shape index (κ2) is 15.8. The molecular formula is C46H36O3. The van der Waals surface area contributed by atoms with E-state index >= 15 is 0 Å². The van der Waals surface area contributed by atoms with Gasteiger partial charge in [-0.3, -0.25) is 0 Å². The highest BCUT2D eigenvalue weighted by Gasteiger charge is 2.08. The summed E-state index contributed by atoms with van der Waals surface area (Å²) in [5.41, 5.74) is 7.37. The first-order valence-corrected chi connectivity index (χ1v) is 16.0.